The molecule has 1 fully saturated rings. The number of rotatable bonds is 2. The van der Waals surface area contributed by atoms with E-state index in [9.17, 15) is 0 Å². The van der Waals surface area contributed by atoms with Gasteiger partial charge in [0.2, 0.25) is 0 Å². The third-order valence-corrected chi connectivity index (χ3v) is 0.955. The van der Waals surface area contributed by atoms with Crippen LogP contribution in [0.3, 0.4) is 0 Å². The Labute approximate surface area is 49.7 Å². The highest BCUT2D eigenvalue weighted by Gasteiger charge is 2.17. The predicted molar refractivity (Wildman–Crippen MR) is 33.7 cm³/mol. The second kappa shape index (κ2) is 2.14. The first kappa shape index (κ1) is 5.57. The molecular weight excluding hydrogens is 100 g/mol. The second-order valence-corrected chi connectivity index (χ2v) is 2.08. The third kappa shape index (κ3) is 1.94. The van der Waals surface area contributed by atoms with E-state index in [1.54, 1.807) is 0 Å². The molecule has 0 saturated carbocycles. The Morgan fingerprint density at radius 3 is 2.88 bits per heavy atom. The zero-order valence-electron chi connectivity index (χ0n) is 5.05. The molecule has 1 aliphatic heterocycles. The molecule has 0 aromatic carbocycles. The van der Waals surface area contributed by atoms with Gasteiger partial charge in [0.25, 0.3) is 0 Å². The maximum Gasteiger partial charge on any atom is 0.0994 e. The molecule has 1 rings (SSSR count). The van der Waals surface area contributed by atoms with Crippen LogP contribution in [0.15, 0.2) is 24.3 Å². The lowest BCUT2D eigenvalue weighted by Crippen LogP contribution is -1.72. The van der Waals surface area contributed by atoms with E-state index in [1.165, 1.54) is 0 Å². The molecule has 0 spiro atoms. The summed E-state index contributed by atoms with van der Waals surface area (Å²) in [6.45, 7) is 6.58. The molecule has 0 aromatic heterocycles. The Balaban J connectivity index is 2.23. The van der Waals surface area contributed by atoms with Crippen molar-refractivity contribution in [3.05, 3.63) is 24.3 Å². The molecule has 1 atom stereocenters. The van der Waals surface area contributed by atoms with Crippen LogP contribution >= 0.6 is 0 Å². The van der Waals surface area contributed by atoms with Crippen molar-refractivity contribution < 1.29 is 4.74 Å². The van der Waals surface area contributed by atoms with E-state index in [0.29, 0.717) is 6.10 Å². The molecule has 8 heavy (non-hydrogen) atoms. The lowest BCUT2D eigenvalue weighted by molar-refractivity contribution is 0.440. The first-order valence-corrected chi connectivity index (χ1v) is 2.74. The Hall–Kier alpha value is -0.560. The van der Waals surface area contributed by atoms with Gasteiger partial charge >= 0.3 is 0 Å². The smallest absolute Gasteiger partial charge is 0.0994 e. The molecule has 1 heterocycles. The summed E-state index contributed by atoms with van der Waals surface area (Å²) < 4.78 is 4.93. The van der Waals surface area contributed by atoms with Crippen LogP contribution in [-0.4, -0.2) is 12.7 Å². The van der Waals surface area contributed by atoms with Crippen LogP contribution in [0.1, 0.15) is 6.92 Å². The molecule has 0 radical (unpaired) electrons. The van der Waals surface area contributed by atoms with Gasteiger partial charge in [-0.1, -0.05) is 24.3 Å². The summed E-state index contributed by atoms with van der Waals surface area (Å²) in [5.41, 5.74) is 1.08. The monoisotopic (exact) mass is 110 g/mol. The van der Waals surface area contributed by atoms with Crippen LogP contribution in [0, 0.1) is 0 Å². The SMILES string of the molecule is C=C(C)C=CC1CO1. The minimum Gasteiger partial charge on any atom is -0.369 e. The molecule has 0 aromatic rings. The summed E-state index contributed by atoms with van der Waals surface area (Å²) in [4.78, 5) is 0. The van der Waals surface area contributed by atoms with E-state index in [1.807, 2.05) is 19.1 Å². The zero-order valence-corrected chi connectivity index (χ0v) is 5.05. The lowest BCUT2D eigenvalue weighted by Gasteiger charge is -1.79. The summed E-state index contributed by atoms with van der Waals surface area (Å²) in [5.74, 6) is 0. The van der Waals surface area contributed by atoms with E-state index in [0.717, 1.165) is 12.2 Å². The van der Waals surface area contributed by atoms with Crippen molar-refractivity contribution in [2.75, 3.05) is 6.61 Å². The highest BCUT2D eigenvalue weighted by Crippen LogP contribution is 2.10. The van der Waals surface area contributed by atoms with Crippen LogP contribution in [0.5, 0.6) is 0 Å². The average Bonchev–Trinajstić information content (AvgIpc) is 2.41. The maximum atomic E-state index is 4.93. The summed E-state index contributed by atoms with van der Waals surface area (Å²) in [6.07, 6.45) is 4.41. The van der Waals surface area contributed by atoms with Crippen molar-refractivity contribution in [3.63, 3.8) is 0 Å². The number of hydrogen-bond donors (Lipinski definition) is 0. The molecule has 1 saturated heterocycles. The minimum atomic E-state index is 0.395. The second-order valence-electron chi connectivity index (χ2n) is 2.08. The third-order valence-electron chi connectivity index (χ3n) is 0.955. The maximum absolute atomic E-state index is 4.93. The number of epoxide rings is 1. The van der Waals surface area contributed by atoms with Crippen LogP contribution in [0.25, 0.3) is 0 Å². The highest BCUT2D eigenvalue weighted by atomic mass is 16.6. The van der Waals surface area contributed by atoms with E-state index in [-0.39, 0.29) is 0 Å². The van der Waals surface area contributed by atoms with Gasteiger partial charge in [-0.15, -0.1) is 0 Å². The summed E-state index contributed by atoms with van der Waals surface area (Å²) >= 11 is 0. The van der Waals surface area contributed by atoms with Crippen LogP contribution in [-0.2, 0) is 4.74 Å². The van der Waals surface area contributed by atoms with Gasteiger partial charge in [0, 0.05) is 0 Å². The lowest BCUT2D eigenvalue weighted by atomic mass is 10.3. The van der Waals surface area contributed by atoms with Gasteiger partial charge in [-0.25, -0.2) is 0 Å². The molecule has 0 N–H and O–H groups in total. The summed E-state index contributed by atoms with van der Waals surface area (Å²) in [7, 11) is 0. The molecule has 1 nitrogen and oxygen atoms in total. The van der Waals surface area contributed by atoms with Gasteiger partial charge in [-0.3, -0.25) is 0 Å². The van der Waals surface area contributed by atoms with Crippen molar-refractivity contribution in [2.45, 2.75) is 13.0 Å². The predicted octanol–water partition coefficient (Wildman–Crippen LogP) is 1.52. The molecule has 0 aliphatic carbocycles. The topological polar surface area (TPSA) is 12.5 Å². The summed E-state index contributed by atoms with van der Waals surface area (Å²) in [5, 5.41) is 0. The fourth-order valence-corrected chi connectivity index (χ4v) is 0.438. The van der Waals surface area contributed by atoms with Crippen LogP contribution < -0.4 is 0 Å². The Kier molecular flexibility index (Phi) is 1.49. The molecule has 0 bridgehead atoms. The minimum absolute atomic E-state index is 0.395. The molecule has 44 valence electrons. The normalized spacial score (nSPS) is 26.4. The summed E-state index contributed by atoms with van der Waals surface area (Å²) in [6, 6.07) is 0. The average molecular weight is 110 g/mol. The van der Waals surface area contributed by atoms with Gasteiger partial charge in [0.1, 0.15) is 0 Å². The first-order valence-electron chi connectivity index (χ1n) is 2.74. The van der Waals surface area contributed by atoms with Crippen molar-refractivity contribution in [1.29, 1.82) is 0 Å². The Morgan fingerprint density at radius 1 is 1.88 bits per heavy atom. The van der Waals surface area contributed by atoms with Crippen molar-refractivity contribution in [3.8, 4) is 0 Å². The fourth-order valence-electron chi connectivity index (χ4n) is 0.438. The van der Waals surface area contributed by atoms with E-state index >= 15 is 0 Å². The van der Waals surface area contributed by atoms with E-state index in [2.05, 4.69) is 6.58 Å². The van der Waals surface area contributed by atoms with E-state index in [4.69, 9.17) is 4.74 Å². The van der Waals surface area contributed by atoms with Crippen molar-refractivity contribution >= 4 is 0 Å². The first-order chi connectivity index (χ1) is 3.79. The van der Waals surface area contributed by atoms with Crippen molar-refractivity contribution in [2.24, 2.45) is 0 Å². The van der Waals surface area contributed by atoms with Crippen LogP contribution in [0.2, 0.25) is 0 Å². The number of ether oxygens (including phenoxy) is 1. The van der Waals surface area contributed by atoms with Gasteiger partial charge < -0.3 is 4.74 Å². The Morgan fingerprint density at radius 2 is 2.50 bits per heavy atom. The van der Waals surface area contributed by atoms with Gasteiger partial charge in [0.15, 0.2) is 0 Å². The fraction of sp³-hybridized carbons (Fsp3) is 0.429. The van der Waals surface area contributed by atoms with Gasteiger partial charge in [0.05, 0.1) is 12.7 Å². The van der Waals surface area contributed by atoms with Gasteiger partial charge in [-0.05, 0) is 6.92 Å². The molecule has 0 amide bonds. The number of hydrogen-bond acceptors (Lipinski definition) is 1. The van der Waals surface area contributed by atoms with Gasteiger partial charge in [-0.2, -0.15) is 0 Å². The van der Waals surface area contributed by atoms with Crippen LogP contribution in [0.4, 0.5) is 0 Å². The van der Waals surface area contributed by atoms with Crippen molar-refractivity contribution in [1.82, 2.24) is 0 Å². The molecule has 1 aliphatic rings. The highest BCUT2D eigenvalue weighted by molar-refractivity contribution is 5.14. The molecular formula is C7H10O. The standard InChI is InChI=1S/C7H10O/c1-6(2)3-4-7-5-8-7/h3-4,7H,1,5H2,2H3. The number of allylic oxidation sites excluding steroid dienone is 2. The van der Waals surface area contributed by atoms with E-state index < -0.39 is 0 Å². The molecule has 1 heteroatoms. The Bertz CT molecular complexity index is 120. The zero-order chi connectivity index (χ0) is 5.98. The largest absolute Gasteiger partial charge is 0.369 e. The quantitative estimate of drug-likeness (QED) is 0.388. The molecule has 1 unspecified atom stereocenters.